The Morgan fingerprint density at radius 3 is 2.43 bits per heavy atom. The number of hydrogen-bond acceptors (Lipinski definition) is 6. The molecule has 10 heteroatoms. The molecule has 30 heavy (non-hydrogen) atoms. The van der Waals surface area contributed by atoms with Gasteiger partial charge in [0.25, 0.3) is 5.69 Å². The molecule has 2 atom stereocenters. The predicted molar refractivity (Wildman–Crippen MR) is 114 cm³/mol. The molecule has 0 spiro atoms. The van der Waals surface area contributed by atoms with Crippen molar-refractivity contribution in [1.82, 2.24) is 9.21 Å². The van der Waals surface area contributed by atoms with Gasteiger partial charge < -0.3 is 10.2 Å². The first-order chi connectivity index (χ1) is 14.2. The van der Waals surface area contributed by atoms with Gasteiger partial charge in [0.05, 0.1) is 9.82 Å². The van der Waals surface area contributed by atoms with Crippen molar-refractivity contribution in [3.8, 4) is 0 Å². The molecule has 9 nitrogen and oxygen atoms in total. The van der Waals surface area contributed by atoms with E-state index in [9.17, 15) is 23.3 Å². The number of likely N-dealkylation sites (tertiary alicyclic amines) is 1. The van der Waals surface area contributed by atoms with Gasteiger partial charge in [0.2, 0.25) is 15.9 Å². The van der Waals surface area contributed by atoms with E-state index in [1.54, 1.807) is 4.90 Å². The molecular weight excluding hydrogens is 408 g/mol. The molecule has 2 aliphatic heterocycles. The summed E-state index contributed by atoms with van der Waals surface area (Å²) in [6.07, 6.45) is 3.22. The first-order valence-electron chi connectivity index (χ1n) is 10.5. The van der Waals surface area contributed by atoms with Gasteiger partial charge in [-0.25, -0.2) is 8.42 Å². The second-order valence-corrected chi connectivity index (χ2v) is 10.4. The molecule has 1 amide bonds. The zero-order valence-electron chi connectivity index (χ0n) is 17.5. The van der Waals surface area contributed by atoms with Crippen LogP contribution >= 0.6 is 0 Å². The number of anilines is 1. The van der Waals surface area contributed by atoms with E-state index >= 15 is 0 Å². The minimum Gasteiger partial charge on any atom is -0.379 e. The molecule has 0 bridgehead atoms. The number of piperidine rings is 1. The highest BCUT2D eigenvalue weighted by molar-refractivity contribution is 7.89. The van der Waals surface area contributed by atoms with Crippen LogP contribution in [0.1, 0.15) is 39.5 Å². The van der Waals surface area contributed by atoms with Gasteiger partial charge in [-0.1, -0.05) is 13.8 Å². The van der Waals surface area contributed by atoms with Crippen molar-refractivity contribution in [3.05, 3.63) is 28.3 Å². The van der Waals surface area contributed by atoms with Crippen molar-refractivity contribution >= 4 is 27.3 Å². The monoisotopic (exact) mass is 438 g/mol. The minimum absolute atomic E-state index is 0.0233. The SMILES string of the molecule is C[C@@H]1C[C@@H](C)CN(S(=O)(=O)c2ccc(NCCC(=O)N3CCCC3)c([N+](=O)[O-])c2)C1. The lowest BCUT2D eigenvalue weighted by atomic mass is 9.94. The smallest absolute Gasteiger partial charge is 0.293 e. The summed E-state index contributed by atoms with van der Waals surface area (Å²) >= 11 is 0. The van der Waals surface area contributed by atoms with Crippen LogP contribution in [-0.2, 0) is 14.8 Å². The van der Waals surface area contributed by atoms with Gasteiger partial charge in [0.15, 0.2) is 0 Å². The van der Waals surface area contributed by atoms with Crippen LogP contribution in [0.2, 0.25) is 0 Å². The molecule has 2 heterocycles. The average Bonchev–Trinajstić information content (AvgIpc) is 3.22. The number of amides is 1. The van der Waals surface area contributed by atoms with Crippen molar-refractivity contribution in [2.24, 2.45) is 11.8 Å². The Hall–Kier alpha value is -2.20. The van der Waals surface area contributed by atoms with Gasteiger partial charge in [0, 0.05) is 45.2 Å². The molecule has 2 saturated heterocycles. The molecule has 166 valence electrons. The number of rotatable bonds is 7. The van der Waals surface area contributed by atoms with E-state index in [4.69, 9.17) is 0 Å². The second kappa shape index (κ2) is 9.30. The van der Waals surface area contributed by atoms with E-state index in [1.165, 1.54) is 16.4 Å². The van der Waals surface area contributed by atoms with Crippen LogP contribution in [-0.4, -0.2) is 61.2 Å². The highest BCUT2D eigenvalue weighted by Crippen LogP contribution is 2.31. The van der Waals surface area contributed by atoms with E-state index in [-0.39, 0.29) is 47.0 Å². The molecule has 1 aromatic carbocycles. The highest BCUT2D eigenvalue weighted by atomic mass is 32.2. The van der Waals surface area contributed by atoms with Crippen LogP contribution in [0.5, 0.6) is 0 Å². The first kappa shape index (κ1) is 22.5. The maximum Gasteiger partial charge on any atom is 0.293 e. The maximum atomic E-state index is 13.0. The van der Waals surface area contributed by atoms with Crippen molar-refractivity contribution in [3.63, 3.8) is 0 Å². The number of benzene rings is 1. The molecule has 0 saturated carbocycles. The number of sulfonamides is 1. The lowest BCUT2D eigenvalue weighted by Crippen LogP contribution is -2.42. The fraction of sp³-hybridized carbons (Fsp3) is 0.650. The van der Waals surface area contributed by atoms with E-state index in [0.717, 1.165) is 38.4 Å². The maximum absolute atomic E-state index is 13.0. The molecule has 2 aliphatic rings. The third-order valence-corrected chi connectivity index (χ3v) is 7.58. The van der Waals surface area contributed by atoms with Crippen molar-refractivity contribution in [2.45, 2.75) is 44.4 Å². The Kier molecular flexibility index (Phi) is 6.97. The average molecular weight is 439 g/mol. The molecule has 0 radical (unpaired) electrons. The summed E-state index contributed by atoms with van der Waals surface area (Å²) in [5.41, 5.74) is -0.0867. The number of nitrogens with zero attached hydrogens (tertiary/aromatic N) is 3. The largest absolute Gasteiger partial charge is 0.379 e. The Morgan fingerprint density at radius 1 is 1.20 bits per heavy atom. The third-order valence-electron chi connectivity index (χ3n) is 5.75. The predicted octanol–water partition coefficient (Wildman–Crippen LogP) is 2.69. The molecule has 0 aromatic heterocycles. The number of carbonyl (C=O) groups excluding carboxylic acids is 1. The van der Waals surface area contributed by atoms with Gasteiger partial charge in [-0.05, 0) is 43.2 Å². The van der Waals surface area contributed by atoms with Gasteiger partial charge in [-0.2, -0.15) is 4.31 Å². The van der Waals surface area contributed by atoms with Crippen molar-refractivity contribution in [2.75, 3.05) is 38.0 Å². The first-order valence-corrected chi connectivity index (χ1v) is 11.9. The molecule has 0 unspecified atom stereocenters. The Bertz CT molecular complexity index is 888. The summed E-state index contributed by atoms with van der Waals surface area (Å²) in [6, 6.07) is 3.93. The summed E-state index contributed by atoms with van der Waals surface area (Å²) in [4.78, 5) is 24.8. The molecule has 0 aliphatic carbocycles. The quantitative estimate of drug-likeness (QED) is 0.517. The lowest BCUT2D eigenvalue weighted by molar-refractivity contribution is -0.384. The minimum atomic E-state index is -3.81. The van der Waals surface area contributed by atoms with Crippen molar-refractivity contribution < 1.29 is 18.1 Å². The summed E-state index contributed by atoms with van der Waals surface area (Å²) in [5, 5.41) is 14.5. The van der Waals surface area contributed by atoms with Crippen LogP contribution < -0.4 is 5.32 Å². The Labute approximate surface area is 177 Å². The standard InChI is InChI=1S/C20H30N4O5S/c1-15-11-16(2)14-23(13-15)30(28,29)17-5-6-18(19(12-17)24(26)27)21-8-7-20(25)22-9-3-4-10-22/h5-6,12,15-16,21H,3-4,7-11,13-14H2,1-2H3/t15-,16-/m1/s1. The number of hydrogen-bond donors (Lipinski definition) is 1. The van der Waals surface area contributed by atoms with Crippen LogP contribution in [0.15, 0.2) is 23.1 Å². The van der Waals surface area contributed by atoms with Gasteiger partial charge >= 0.3 is 0 Å². The van der Waals surface area contributed by atoms with Crippen LogP contribution in [0.3, 0.4) is 0 Å². The fourth-order valence-electron chi connectivity index (χ4n) is 4.35. The lowest BCUT2D eigenvalue weighted by Gasteiger charge is -2.34. The van der Waals surface area contributed by atoms with E-state index in [2.05, 4.69) is 5.32 Å². The fourth-order valence-corrected chi connectivity index (χ4v) is 6.05. The van der Waals surface area contributed by atoms with E-state index < -0.39 is 14.9 Å². The number of nitro groups is 1. The van der Waals surface area contributed by atoms with Gasteiger partial charge in [-0.3, -0.25) is 14.9 Å². The van der Waals surface area contributed by atoms with Crippen LogP contribution in [0.4, 0.5) is 11.4 Å². The molecule has 3 rings (SSSR count). The van der Waals surface area contributed by atoms with Gasteiger partial charge in [-0.15, -0.1) is 0 Å². The van der Waals surface area contributed by atoms with Crippen LogP contribution in [0, 0.1) is 22.0 Å². The van der Waals surface area contributed by atoms with Crippen molar-refractivity contribution in [1.29, 1.82) is 0 Å². The number of nitro benzene ring substituents is 1. The summed E-state index contributed by atoms with van der Waals surface area (Å²) in [5.74, 6) is 0.510. The Balaban J connectivity index is 1.72. The molecule has 1 N–H and O–H groups in total. The molecule has 1 aromatic rings. The second-order valence-electron chi connectivity index (χ2n) is 8.47. The molecule has 2 fully saturated rings. The summed E-state index contributed by atoms with van der Waals surface area (Å²) < 4.78 is 27.5. The van der Waals surface area contributed by atoms with Gasteiger partial charge in [0.1, 0.15) is 5.69 Å². The normalized spacial score (nSPS) is 22.8. The van der Waals surface area contributed by atoms with E-state index in [0.29, 0.717) is 13.1 Å². The summed E-state index contributed by atoms with van der Waals surface area (Å²) in [7, 11) is -3.81. The Morgan fingerprint density at radius 2 is 1.83 bits per heavy atom. The summed E-state index contributed by atoms with van der Waals surface area (Å²) in [6.45, 7) is 6.63. The molecular formula is C20H30N4O5S. The highest BCUT2D eigenvalue weighted by Gasteiger charge is 2.33. The third kappa shape index (κ3) is 5.10. The number of carbonyl (C=O) groups is 1. The van der Waals surface area contributed by atoms with Crippen LogP contribution in [0.25, 0.3) is 0 Å². The number of nitrogens with one attached hydrogen (secondary N) is 1. The zero-order valence-corrected chi connectivity index (χ0v) is 18.4. The zero-order chi connectivity index (χ0) is 21.9. The van der Waals surface area contributed by atoms with E-state index in [1.807, 2.05) is 13.8 Å². The topological polar surface area (TPSA) is 113 Å².